The summed E-state index contributed by atoms with van der Waals surface area (Å²) < 4.78 is 10.9. The Labute approximate surface area is 189 Å². The van der Waals surface area contributed by atoms with E-state index in [0.29, 0.717) is 22.3 Å². The monoisotopic (exact) mass is 447 g/mol. The average molecular weight is 448 g/mol. The zero-order chi connectivity index (χ0) is 22.5. The Bertz CT molecular complexity index is 1230. The topological polar surface area (TPSA) is 93.5 Å². The number of anilines is 1. The number of amides is 2. The van der Waals surface area contributed by atoms with Crippen LogP contribution in [0.1, 0.15) is 36.9 Å². The standard InChI is InChI=1S/C24H21N3O4S/c1-15-5-6-16(2)19(12-15)31-21-9-7-17(13-25-21)14-26-24(29)20-8-10-22(32-20)27-23(28)18-4-3-11-30-18/h3-13H,14H2,1-2H3,(H,26,29)(H,27,28). The van der Waals surface area contributed by atoms with Crippen molar-refractivity contribution in [2.24, 2.45) is 0 Å². The summed E-state index contributed by atoms with van der Waals surface area (Å²) in [4.78, 5) is 29.3. The number of furan rings is 1. The number of nitrogens with one attached hydrogen (secondary N) is 2. The lowest BCUT2D eigenvalue weighted by Crippen LogP contribution is -2.21. The van der Waals surface area contributed by atoms with Crippen LogP contribution in [-0.4, -0.2) is 16.8 Å². The van der Waals surface area contributed by atoms with Crippen LogP contribution in [0.2, 0.25) is 0 Å². The molecular formula is C24H21N3O4S. The number of hydrogen-bond acceptors (Lipinski definition) is 6. The van der Waals surface area contributed by atoms with Gasteiger partial charge in [0.05, 0.1) is 16.1 Å². The highest BCUT2D eigenvalue weighted by molar-refractivity contribution is 7.18. The van der Waals surface area contributed by atoms with Gasteiger partial charge in [-0.1, -0.05) is 18.2 Å². The number of hydrogen-bond donors (Lipinski definition) is 2. The number of rotatable bonds is 7. The molecule has 0 bridgehead atoms. The number of benzene rings is 1. The van der Waals surface area contributed by atoms with E-state index >= 15 is 0 Å². The molecule has 7 nitrogen and oxygen atoms in total. The lowest BCUT2D eigenvalue weighted by Gasteiger charge is -2.09. The van der Waals surface area contributed by atoms with Crippen molar-refractivity contribution in [3.63, 3.8) is 0 Å². The van der Waals surface area contributed by atoms with E-state index in [-0.39, 0.29) is 17.6 Å². The SMILES string of the molecule is Cc1ccc(C)c(Oc2ccc(CNC(=O)c3ccc(NC(=O)c4ccco4)s3)cn2)c1. The van der Waals surface area contributed by atoms with Gasteiger partial charge in [-0.3, -0.25) is 9.59 Å². The van der Waals surface area contributed by atoms with Crippen molar-refractivity contribution in [1.29, 1.82) is 0 Å². The summed E-state index contributed by atoms with van der Waals surface area (Å²) in [6, 6.07) is 16.2. The maximum absolute atomic E-state index is 12.4. The molecule has 3 aromatic heterocycles. The smallest absolute Gasteiger partial charge is 0.291 e. The van der Waals surface area contributed by atoms with E-state index in [1.165, 1.54) is 17.6 Å². The number of aryl methyl sites for hydroxylation is 2. The molecule has 2 amide bonds. The van der Waals surface area contributed by atoms with Crippen molar-refractivity contribution in [2.45, 2.75) is 20.4 Å². The highest BCUT2D eigenvalue weighted by atomic mass is 32.1. The third-order valence-electron chi connectivity index (χ3n) is 4.62. The van der Waals surface area contributed by atoms with Gasteiger partial charge < -0.3 is 19.8 Å². The van der Waals surface area contributed by atoms with Crippen LogP contribution in [0.15, 0.2) is 71.5 Å². The van der Waals surface area contributed by atoms with Crippen molar-refractivity contribution < 1.29 is 18.7 Å². The summed E-state index contributed by atoms with van der Waals surface area (Å²) in [6.07, 6.45) is 3.10. The molecule has 1 aromatic carbocycles. The minimum absolute atomic E-state index is 0.210. The first kappa shape index (κ1) is 21.3. The average Bonchev–Trinajstić information content (AvgIpc) is 3.48. The Kier molecular flexibility index (Phi) is 6.32. The highest BCUT2D eigenvalue weighted by Crippen LogP contribution is 2.25. The lowest BCUT2D eigenvalue weighted by molar-refractivity contribution is 0.0953. The molecule has 0 saturated carbocycles. The van der Waals surface area contributed by atoms with Gasteiger partial charge in [0.1, 0.15) is 5.75 Å². The number of nitrogens with zero attached hydrogens (tertiary/aromatic N) is 1. The summed E-state index contributed by atoms with van der Waals surface area (Å²) in [6.45, 7) is 4.31. The summed E-state index contributed by atoms with van der Waals surface area (Å²) in [5.41, 5.74) is 2.99. The summed E-state index contributed by atoms with van der Waals surface area (Å²) in [5, 5.41) is 6.12. The zero-order valence-electron chi connectivity index (χ0n) is 17.5. The number of ether oxygens (including phenoxy) is 1. The molecule has 0 aliphatic carbocycles. The Morgan fingerprint density at radius 1 is 1.06 bits per heavy atom. The van der Waals surface area contributed by atoms with Crippen molar-refractivity contribution in [3.8, 4) is 11.6 Å². The van der Waals surface area contributed by atoms with Crippen LogP contribution >= 0.6 is 11.3 Å². The second-order valence-corrected chi connectivity index (χ2v) is 8.24. The van der Waals surface area contributed by atoms with Gasteiger partial charge in [-0.15, -0.1) is 11.3 Å². The van der Waals surface area contributed by atoms with E-state index in [0.717, 1.165) is 22.4 Å². The molecular weight excluding hydrogens is 426 g/mol. The van der Waals surface area contributed by atoms with Gasteiger partial charge in [0, 0.05) is 18.8 Å². The van der Waals surface area contributed by atoms with Crippen molar-refractivity contribution in [3.05, 3.63) is 94.4 Å². The van der Waals surface area contributed by atoms with Crippen molar-refractivity contribution in [2.75, 3.05) is 5.32 Å². The minimum atomic E-state index is -0.363. The number of aromatic nitrogens is 1. The maximum Gasteiger partial charge on any atom is 0.291 e. The predicted molar refractivity (Wildman–Crippen MR) is 122 cm³/mol. The highest BCUT2D eigenvalue weighted by Gasteiger charge is 2.13. The fourth-order valence-corrected chi connectivity index (χ4v) is 3.70. The molecule has 32 heavy (non-hydrogen) atoms. The van der Waals surface area contributed by atoms with Gasteiger partial charge in [0.25, 0.3) is 11.8 Å². The summed E-state index contributed by atoms with van der Waals surface area (Å²) >= 11 is 1.19. The van der Waals surface area contributed by atoms with Gasteiger partial charge in [0.15, 0.2) is 5.76 Å². The Morgan fingerprint density at radius 3 is 2.69 bits per heavy atom. The molecule has 0 saturated heterocycles. The number of carbonyl (C=O) groups is 2. The van der Waals surface area contributed by atoms with E-state index in [1.807, 2.05) is 38.1 Å². The Hall–Kier alpha value is -3.91. The van der Waals surface area contributed by atoms with E-state index in [2.05, 4.69) is 15.6 Å². The van der Waals surface area contributed by atoms with Crippen LogP contribution in [0, 0.1) is 13.8 Å². The molecule has 4 aromatic rings. The van der Waals surface area contributed by atoms with Gasteiger partial charge >= 0.3 is 0 Å². The van der Waals surface area contributed by atoms with Gasteiger partial charge in [0.2, 0.25) is 5.88 Å². The maximum atomic E-state index is 12.4. The first-order valence-corrected chi connectivity index (χ1v) is 10.7. The third-order valence-corrected chi connectivity index (χ3v) is 5.62. The van der Waals surface area contributed by atoms with E-state index < -0.39 is 0 Å². The molecule has 4 rings (SSSR count). The van der Waals surface area contributed by atoms with E-state index in [9.17, 15) is 9.59 Å². The fourth-order valence-electron chi connectivity index (χ4n) is 2.88. The molecule has 0 radical (unpaired) electrons. The summed E-state index contributed by atoms with van der Waals surface area (Å²) in [7, 11) is 0. The van der Waals surface area contributed by atoms with E-state index in [1.54, 1.807) is 36.5 Å². The molecule has 3 heterocycles. The second-order valence-electron chi connectivity index (χ2n) is 7.15. The van der Waals surface area contributed by atoms with Gasteiger partial charge in [-0.25, -0.2) is 4.98 Å². The number of pyridine rings is 1. The fraction of sp³-hybridized carbons (Fsp3) is 0.125. The van der Waals surface area contributed by atoms with Crippen LogP contribution < -0.4 is 15.4 Å². The normalized spacial score (nSPS) is 10.6. The Morgan fingerprint density at radius 2 is 1.94 bits per heavy atom. The Balaban J connectivity index is 1.31. The van der Waals surface area contributed by atoms with Crippen LogP contribution in [0.5, 0.6) is 11.6 Å². The largest absolute Gasteiger partial charge is 0.459 e. The van der Waals surface area contributed by atoms with Gasteiger partial charge in [-0.05, 0) is 60.9 Å². The first-order chi connectivity index (χ1) is 15.5. The lowest BCUT2D eigenvalue weighted by atomic mass is 10.1. The minimum Gasteiger partial charge on any atom is -0.459 e. The number of thiophene rings is 1. The van der Waals surface area contributed by atoms with Crippen LogP contribution in [0.25, 0.3) is 0 Å². The van der Waals surface area contributed by atoms with Gasteiger partial charge in [-0.2, -0.15) is 0 Å². The van der Waals surface area contributed by atoms with Crippen molar-refractivity contribution >= 4 is 28.2 Å². The molecule has 0 aliphatic rings. The molecule has 0 unspecified atom stereocenters. The van der Waals surface area contributed by atoms with Crippen LogP contribution in [0.3, 0.4) is 0 Å². The van der Waals surface area contributed by atoms with Crippen LogP contribution in [0.4, 0.5) is 5.00 Å². The third kappa shape index (κ3) is 5.22. The molecule has 2 N–H and O–H groups in total. The molecule has 0 fully saturated rings. The number of carbonyl (C=O) groups excluding carboxylic acids is 2. The molecule has 162 valence electrons. The first-order valence-electron chi connectivity index (χ1n) is 9.91. The molecule has 8 heteroatoms. The summed E-state index contributed by atoms with van der Waals surface area (Å²) in [5.74, 6) is 0.874. The quantitative estimate of drug-likeness (QED) is 0.400. The van der Waals surface area contributed by atoms with Crippen LogP contribution in [-0.2, 0) is 6.54 Å². The predicted octanol–water partition coefficient (Wildman–Crippen LogP) is 5.33. The molecule has 0 spiro atoms. The zero-order valence-corrected chi connectivity index (χ0v) is 18.4. The molecule has 0 aliphatic heterocycles. The van der Waals surface area contributed by atoms with E-state index in [4.69, 9.17) is 9.15 Å². The second kappa shape index (κ2) is 9.49. The van der Waals surface area contributed by atoms with Crippen molar-refractivity contribution in [1.82, 2.24) is 10.3 Å². The molecule has 0 atom stereocenters.